The van der Waals surface area contributed by atoms with Gasteiger partial charge in [0.15, 0.2) is 4.80 Å². The van der Waals surface area contributed by atoms with E-state index in [9.17, 15) is 19.7 Å². The minimum atomic E-state index is -0.700. The minimum Gasteiger partial charge on any atom is -0.466 e. The second-order valence-corrected chi connectivity index (χ2v) is 9.38. The Morgan fingerprint density at radius 2 is 1.89 bits per heavy atom. The number of rotatable bonds is 8. The van der Waals surface area contributed by atoms with Gasteiger partial charge in [-0.05, 0) is 38.0 Å². The number of non-ortho nitro benzene ring substituents is 1. The number of ether oxygens (including phenoxy) is 1. The number of carbonyl (C=O) groups is 1. The highest BCUT2D eigenvalue weighted by Gasteiger charge is 2.33. The van der Waals surface area contributed by atoms with Crippen molar-refractivity contribution in [2.24, 2.45) is 4.99 Å². The van der Waals surface area contributed by atoms with Crippen LogP contribution in [0.25, 0.3) is 6.08 Å². The van der Waals surface area contributed by atoms with Crippen LogP contribution in [-0.2, 0) is 9.53 Å². The summed E-state index contributed by atoms with van der Waals surface area (Å²) in [5, 5.41) is 11.5. The smallest absolute Gasteiger partial charge is 0.338 e. The number of hydrogen-bond acceptors (Lipinski definition) is 8. The van der Waals surface area contributed by atoms with E-state index in [1.807, 2.05) is 51.1 Å². The van der Waals surface area contributed by atoms with E-state index >= 15 is 0 Å². The van der Waals surface area contributed by atoms with Gasteiger partial charge in [-0.15, -0.1) is 0 Å². The fraction of sp³-hybridized carbons (Fsp3) is 0.296. The maximum absolute atomic E-state index is 13.9. The van der Waals surface area contributed by atoms with Crippen LogP contribution in [0.1, 0.15) is 44.4 Å². The highest BCUT2D eigenvalue weighted by molar-refractivity contribution is 7.07. The molecule has 1 aromatic heterocycles. The molecule has 2 heterocycles. The summed E-state index contributed by atoms with van der Waals surface area (Å²) < 4.78 is 6.98. The summed E-state index contributed by atoms with van der Waals surface area (Å²) >= 11 is 1.20. The molecule has 1 aliphatic rings. The molecule has 2 aromatic carbocycles. The largest absolute Gasteiger partial charge is 0.466 e. The SMILES string of the molecule is CCC1=C(C(=O)OC)[C@@H](c2ccccc2)n2c(s/c(=C\c3cc([N+](=O)[O-])ccc3N(CC)CC)c2=O)=N1. The molecule has 192 valence electrons. The van der Waals surface area contributed by atoms with Gasteiger partial charge in [-0.2, -0.15) is 0 Å². The molecule has 0 saturated heterocycles. The van der Waals surface area contributed by atoms with E-state index in [1.54, 1.807) is 12.1 Å². The molecule has 0 fully saturated rings. The Hall–Kier alpha value is -4.05. The number of allylic oxidation sites excluding steroid dienone is 1. The van der Waals surface area contributed by atoms with Crippen molar-refractivity contribution in [1.29, 1.82) is 0 Å². The van der Waals surface area contributed by atoms with E-state index < -0.39 is 16.9 Å². The van der Waals surface area contributed by atoms with Gasteiger partial charge >= 0.3 is 5.97 Å². The second kappa shape index (κ2) is 10.9. The van der Waals surface area contributed by atoms with E-state index in [4.69, 9.17) is 4.74 Å². The fourth-order valence-corrected chi connectivity index (χ4v) is 5.59. The number of hydrogen-bond donors (Lipinski definition) is 0. The quantitative estimate of drug-likeness (QED) is 0.255. The van der Waals surface area contributed by atoms with Crippen molar-refractivity contribution in [1.82, 2.24) is 4.57 Å². The van der Waals surface area contributed by atoms with Crippen LogP contribution in [-0.4, -0.2) is 35.7 Å². The molecular formula is C27H28N4O5S. The number of anilines is 1. The van der Waals surface area contributed by atoms with Gasteiger partial charge in [0.05, 0.1) is 33.9 Å². The lowest BCUT2D eigenvalue weighted by molar-refractivity contribution is -0.384. The highest BCUT2D eigenvalue weighted by atomic mass is 32.1. The number of esters is 1. The lowest BCUT2D eigenvalue weighted by Crippen LogP contribution is -2.40. The molecular weight excluding hydrogens is 492 g/mol. The van der Waals surface area contributed by atoms with Gasteiger partial charge < -0.3 is 9.64 Å². The van der Waals surface area contributed by atoms with Gasteiger partial charge in [0.1, 0.15) is 0 Å². The lowest BCUT2D eigenvalue weighted by Gasteiger charge is -2.25. The Balaban J connectivity index is 2.01. The van der Waals surface area contributed by atoms with Crippen LogP contribution in [0.2, 0.25) is 0 Å². The first-order valence-electron chi connectivity index (χ1n) is 12.1. The Morgan fingerprint density at radius 3 is 2.49 bits per heavy atom. The Bertz CT molecular complexity index is 1550. The molecule has 0 radical (unpaired) electrons. The molecule has 0 saturated carbocycles. The van der Waals surface area contributed by atoms with Crippen molar-refractivity contribution >= 4 is 34.8 Å². The number of nitrogens with zero attached hydrogens (tertiary/aromatic N) is 4. The van der Waals surface area contributed by atoms with Crippen molar-refractivity contribution in [2.45, 2.75) is 33.2 Å². The molecule has 0 aliphatic carbocycles. The zero-order chi connectivity index (χ0) is 26.7. The molecule has 4 rings (SSSR count). The number of nitro benzene ring substituents is 1. The Morgan fingerprint density at radius 1 is 1.19 bits per heavy atom. The third-order valence-electron chi connectivity index (χ3n) is 6.38. The van der Waals surface area contributed by atoms with Crippen molar-refractivity contribution in [2.75, 3.05) is 25.1 Å². The first-order valence-corrected chi connectivity index (χ1v) is 12.9. The van der Waals surface area contributed by atoms with Crippen LogP contribution >= 0.6 is 11.3 Å². The molecule has 0 unspecified atom stereocenters. The van der Waals surface area contributed by atoms with Gasteiger partial charge in [0.2, 0.25) is 0 Å². The zero-order valence-corrected chi connectivity index (χ0v) is 21.9. The van der Waals surface area contributed by atoms with Crippen molar-refractivity contribution in [3.05, 3.63) is 101 Å². The zero-order valence-electron chi connectivity index (χ0n) is 21.1. The second-order valence-electron chi connectivity index (χ2n) is 8.37. The summed E-state index contributed by atoms with van der Waals surface area (Å²) in [5.41, 5.74) is 2.63. The van der Waals surface area contributed by atoms with Gasteiger partial charge in [0.25, 0.3) is 11.2 Å². The molecule has 0 bridgehead atoms. The summed E-state index contributed by atoms with van der Waals surface area (Å²) in [5.74, 6) is -0.536. The first-order chi connectivity index (χ1) is 17.8. The van der Waals surface area contributed by atoms with E-state index in [2.05, 4.69) is 9.89 Å². The average molecular weight is 521 g/mol. The van der Waals surface area contributed by atoms with Crippen LogP contribution < -0.4 is 19.8 Å². The summed E-state index contributed by atoms with van der Waals surface area (Å²) in [6.45, 7) is 7.31. The number of nitro groups is 1. The van der Waals surface area contributed by atoms with Crippen LogP contribution in [0.3, 0.4) is 0 Å². The summed E-state index contributed by atoms with van der Waals surface area (Å²) in [7, 11) is 1.31. The van der Waals surface area contributed by atoms with Gasteiger partial charge in [0, 0.05) is 36.5 Å². The molecule has 9 nitrogen and oxygen atoms in total. The van der Waals surface area contributed by atoms with Gasteiger partial charge in [-0.3, -0.25) is 19.5 Å². The molecule has 37 heavy (non-hydrogen) atoms. The van der Waals surface area contributed by atoms with E-state index in [0.717, 1.165) is 11.3 Å². The molecule has 1 aliphatic heterocycles. The third kappa shape index (κ3) is 4.84. The number of benzene rings is 2. The van der Waals surface area contributed by atoms with E-state index in [1.165, 1.54) is 35.1 Å². The van der Waals surface area contributed by atoms with Crippen molar-refractivity contribution < 1.29 is 14.5 Å². The van der Waals surface area contributed by atoms with Crippen LogP contribution in [0.5, 0.6) is 0 Å². The van der Waals surface area contributed by atoms with Gasteiger partial charge in [-0.1, -0.05) is 48.6 Å². The standard InChI is InChI=1S/C27H28N4O5S/c1-5-20-23(26(33)36-4)24(17-11-9-8-10-12-17)30-25(32)22(37-27(30)28-20)16-18-15-19(31(34)35)13-14-21(18)29(6-2)7-3/h8-16,24H,5-7H2,1-4H3/b22-16-/t24-/m1/s1. The summed E-state index contributed by atoms with van der Waals surface area (Å²) in [6, 6.07) is 13.3. The summed E-state index contributed by atoms with van der Waals surface area (Å²) in [4.78, 5) is 45.0. The Kier molecular flexibility index (Phi) is 7.68. The maximum atomic E-state index is 13.9. The average Bonchev–Trinajstić information content (AvgIpc) is 3.23. The highest BCUT2D eigenvalue weighted by Crippen LogP contribution is 2.32. The predicted octanol–water partition coefficient (Wildman–Crippen LogP) is 3.55. The number of methoxy groups -OCH3 is 1. The van der Waals surface area contributed by atoms with E-state index in [-0.39, 0.29) is 11.2 Å². The van der Waals surface area contributed by atoms with Crippen molar-refractivity contribution in [3.63, 3.8) is 0 Å². The molecule has 10 heteroatoms. The number of aromatic nitrogens is 1. The number of carbonyl (C=O) groups excluding carboxylic acids is 1. The third-order valence-corrected chi connectivity index (χ3v) is 7.36. The van der Waals surface area contributed by atoms with E-state index in [0.29, 0.717) is 45.7 Å². The molecule has 0 N–H and O–H groups in total. The summed E-state index contributed by atoms with van der Waals surface area (Å²) in [6.07, 6.45) is 2.16. The first kappa shape index (κ1) is 26.0. The molecule has 0 amide bonds. The lowest BCUT2D eigenvalue weighted by atomic mass is 9.95. The fourth-order valence-electron chi connectivity index (χ4n) is 4.58. The Labute approximate surface area is 217 Å². The normalized spacial score (nSPS) is 15.2. The van der Waals surface area contributed by atoms with Gasteiger partial charge in [-0.25, -0.2) is 9.79 Å². The predicted molar refractivity (Wildman–Crippen MR) is 143 cm³/mol. The number of thiazole rings is 1. The molecule has 1 atom stereocenters. The van der Waals surface area contributed by atoms with Crippen molar-refractivity contribution in [3.8, 4) is 0 Å². The van der Waals surface area contributed by atoms with Crippen LogP contribution in [0.15, 0.2) is 69.6 Å². The topological polar surface area (TPSA) is 107 Å². The number of fused-ring (bicyclic) bond motifs is 1. The maximum Gasteiger partial charge on any atom is 0.338 e. The molecule has 3 aromatic rings. The molecule has 0 spiro atoms. The monoisotopic (exact) mass is 520 g/mol. The van der Waals surface area contributed by atoms with Crippen LogP contribution in [0, 0.1) is 10.1 Å². The minimum absolute atomic E-state index is 0.0571. The van der Waals surface area contributed by atoms with Crippen LogP contribution in [0.4, 0.5) is 11.4 Å².